The lowest BCUT2D eigenvalue weighted by molar-refractivity contribution is -0.0146. The van der Waals surface area contributed by atoms with Crippen molar-refractivity contribution in [2.45, 2.75) is 12.8 Å². The third-order valence-corrected chi connectivity index (χ3v) is 3.72. The summed E-state index contributed by atoms with van der Waals surface area (Å²) in [5.41, 5.74) is 6.44. The Morgan fingerprint density at radius 2 is 2.05 bits per heavy atom. The van der Waals surface area contributed by atoms with E-state index >= 15 is 0 Å². The van der Waals surface area contributed by atoms with Crippen LogP contribution in [-0.2, 0) is 4.74 Å². The van der Waals surface area contributed by atoms with Gasteiger partial charge in [0.05, 0.1) is 12.2 Å². The lowest BCUT2D eigenvalue weighted by atomic mass is 9.81. The first-order chi connectivity index (χ1) is 9.17. The summed E-state index contributed by atoms with van der Waals surface area (Å²) < 4.78 is 5.29. The minimum Gasteiger partial charge on any atom is -0.398 e. The summed E-state index contributed by atoms with van der Waals surface area (Å²) in [6.07, 6.45) is 1.52. The van der Waals surface area contributed by atoms with Crippen LogP contribution in [0.5, 0.6) is 0 Å². The maximum Gasteiger partial charge on any atom is 0.253 e. The van der Waals surface area contributed by atoms with Gasteiger partial charge in [-0.25, -0.2) is 0 Å². The van der Waals surface area contributed by atoms with Crippen LogP contribution in [0.2, 0.25) is 0 Å². The van der Waals surface area contributed by atoms with Gasteiger partial charge in [0.25, 0.3) is 5.91 Å². The van der Waals surface area contributed by atoms with Crippen LogP contribution >= 0.6 is 0 Å². The van der Waals surface area contributed by atoms with Gasteiger partial charge >= 0.3 is 0 Å². The SMILES string of the molecule is Nc1ccccc1C(=O)NCC1(CO)CCOCC1. The Hall–Kier alpha value is -1.59. The molecule has 104 valence electrons. The molecule has 1 aliphatic rings. The molecule has 0 aromatic heterocycles. The number of ether oxygens (including phenoxy) is 1. The van der Waals surface area contributed by atoms with E-state index in [9.17, 15) is 9.90 Å². The summed E-state index contributed by atoms with van der Waals surface area (Å²) in [5.74, 6) is -0.197. The van der Waals surface area contributed by atoms with Gasteiger partial charge in [-0.05, 0) is 25.0 Å². The number of aliphatic hydroxyl groups excluding tert-OH is 1. The zero-order valence-corrected chi connectivity index (χ0v) is 10.9. The zero-order valence-electron chi connectivity index (χ0n) is 10.9. The van der Waals surface area contributed by atoms with E-state index in [0.717, 1.165) is 12.8 Å². The van der Waals surface area contributed by atoms with Crippen molar-refractivity contribution < 1.29 is 14.6 Å². The third kappa shape index (κ3) is 3.24. The van der Waals surface area contributed by atoms with Gasteiger partial charge in [0.15, 0.2) is 0 Å². The Kier molecular flexibility index (Phi) is 4.39. The molecule has 0 bridgehead atoms. The molecule has 0 unspecified atom stereocenters. The average Bonchev–Trinajstić information content (AvgIpc) is 2.46. The largest absolute Gasteiger partial charge is 0.398 e. The van der Waals surface area contributed by atoms with Crippen LogP contribution in [0.15, 0.2) is 24.3 Å². The highest BCUT2D eigenvalue weighted by molar-refractivity contribution is 5.99. The highest BCUT2D eigenvalue weighted by Crippen LogP contribution is 2.29. The average molecular weight is 264 g/mol. The number of carbonyl (C=O) groups is 1. The number of amides is 1. The van der Waals surface area contributed by atoms with E-state index in [1.165, 1.54) is 0 Å². The summed E-state index contributed by atoms with van der Waals surface area (Å²) in [6, 6.07) is 6.97. The monoisotopic (exact) mass is 264 g/mol. The number of para-hydroxylation sites is 1. The van der Waals surface area contributed by atoms with Crippen molar-refractivity contribution in [2.24, 2.45) is 5.41 Å². The minimum absolute atomic E-state index is 0.0565. The van der Waals surface area contributed by atoms with Gasteiger partial charge < -0.3 is 20.9 Å². The molecule has 0 atom stereocenters. The molecule has 0 radical (unpaired) electrons. The van der Waals surface area contributed by atoms with Crippen molar-refractivity contribution in [3.63, 3.8) is 0 Å². The molecular weight excluding hydrogens is 244 g/mol. The summed E-state index contributed by atoms with van der Waals surface area (Å²) in [4.78, 5) is 12.1. The van der Waals surface area contributed by atoms with Gasteiger partial charge in [0, 0.05) is 30.9 Å². The summed E-state index contributed by atoms with van der Waals surface area (Å²) >= 11 is 0. The smallest absolute Gasteiger partial charge is 0.253 e. The van der Waals surface area contributed by atoms with Gasteiger partial charge in [-0.15, -0.1) is 0 Å². The van der Waals surface area contributed by atoms with E-state index in [0.29, 0.717) is 31.0 Å². The maximum absolute atomic E-state index is 12.1. The zero-order chi connectivity index (χ0) is 13.7. The predicted octanol–water partition coefficient (Wildman–Crippen LogP) is 0.788. The van der Waals surface area contributed by atoms with Crippen LogP contribution in [0.25, 0.3) is 0 Å². The number of rotatable bonds is 4. The quantitative estimate of drug-likeness (QED) is 0.702. The number of hydrogen-bond acceptors (Lipinski definition) is 4. The van der Waals surface area contributed by atoms with Crippen molar-refractivity contribution in [3.05, 3.63) is 29.8 Å². The number of nitrogen functional groups attached to an aromatic ring is 1. The van der Waals surface area contributed by atoms with Gasteiger partial charge in [-0.3, -0.25) is 4.79 Å². The van der Waals surface area contributed by atoms with Crippen LogP contribution in [0, 0.1) is 5.41 Å². The number of benzene rings is 1. The highest BCUT2D eigenvalue weighted by Gasteiger charge is 2.32. The second-order valence-corrected chi connectivity index (χ2v) is 5.04. The van der Waals surface area contributed by atoms with E-state index in [4.69, 9.17) is 10.5 Å². The molecule has 19 heavy (non-hydrogen) atoms. The molecule has 1 fully saturated rings. The summed E-state index contributed by atoms with van der Waals surface area (Å²) in [5, 5.41) is 12.4. The van der Waals surface area contributed by atoms with Crippen LogP contribution in [0.4, 0.5) is 5.69 Å². The number of nitrogens with two attached hydrogens (primary N) is 1. The van der Waals surface area contributed by atoms with Crippen molar-refractivity contribution in [1.29, 1.82) is 0 Å². The normalized spacial score (nSPS) is 17.9. The number of carbonyl (C=O) groups excluding carboxylic acids is 1. The number of hydrogen-bond donors (Lipinski definition) is 3. The Balaban J connectivity index is 1.98. The fourth-order valence-electron chi connectivity index (χ4n) is 2.26. The van der Waals surface area contributed by atoms with Crippen LogP contribution in [-0.4, -0.2) is 37.4 Å². The molecule has 1 amide bonds. The molecule has 0 spiro atoms. The molecule has 2 rings (SSSR count). The topological polar surface area (TPSA) is 84.6 Å². The molecule has 0 saturated carbocycles. The maximum atomic E-state index is 12.1. The fraction of sp³-hybridized carbons (Fsp3) is 0.500. The highest BCUT2D eigenvalue weighted by atomic mass is 16.5. The standard InChI is InChI=1S/C14H20N2O3/c15-12-4-2-1-3-11(12)13(18)16-9-14(10-17)5-7-19-8-6-14/h1-4,17H,5-10,15H2,(H,16,18). The Morgan fingerprint density at radius 3 is 2.68 bits per heavy atom. The van der Waals surface area contributed by atoms with E-state index < -0.39 is 0 Å². The lowest BCUT2D eigenvalue weighted by Gasteiger charge is -2.35. The Labute approximate surface area is 112 Å². The number of nitrogens with one attached hydrogen (secondary N) is 1. The minimum atomic E-state index is -0.266. The van der Waals surface area contributed by atoms with E-state index in [1.54, 1.807) is 24.3 Å². The molecule has 4 N–H and O–H groups in total. The first-order valence-corrected chi connectivity index (χ1v) is 6.48. The molecule has 5 nitrogen and oxygen atoms in total. The van der Waals surface area contributed by atoms with Crippen LogP contribution < -0.4 is 11.1 Å². The molecule has 1 aliphatic heterocycles. The Morgan fingerprint density at radius 1 is 1.37 bits per heavy atom. The van der Waals surface area contributed by atoms with Gasteiger partial charge in [0.2, 0.25) is 0 Å². The van der Waals surface area contributed by atoms with Crippen molar-refractivity contribution in [1.82, 2.24) is 5.32 Å². The Bertz CT molecular complexity index is 442. The fourth-order valence-corrected chi connectivity index (χ4v) is 2.26. The predicted molar refractivity (Wildman–Crippen MR) is 72.8 cm³/mol. The molecule has 5 heteroatoms. The van der Waals surface area contributed by atoms with Gasteiger partial charge in [0.1, 0.15) is 0 Å². The van der Waals surface area contributed by atoms with E-state index in [-0.39, 0.29) is 17.9 Å². The molecular formula is C14H20N2O3. The van der Waals surface area contributed by atoms with Crippen molar-refractivity contribution >= 4 is 11.6 Å². The second-order valence-electron chi connectivity index (χ2n) is 5.04. The lowest BCUT2D eigenvalue weighted by Crippen LogP contribution is -2.43. The third-order valence-electron chi connectivity index (χ3n) is 3.72. The summed E-state index contributed by atoms with van der Waals surface area (Å²) in [7, 11) is 0. The molecule has 1 saturated heterocycles. The van der Waals surface area contributed by atoms with Crippen molar-refractivity contribution in [2.75, 3.05) is 32.1 Å². The van der Waals surface area contributed by atoms with Crippen LogP contribution in [0.1, 0.15) is 23.2 Å². The molecule has 1 heterocycles. The number of aliphatic hydroxyl groups is 1. The van der Waals surface area contributed by atoms with E-state index in [2.05, 4.69) is 5.32 Å². The van der Waals surface area contributed by atoms with Crippen LogP contribution in [0.3, 0.4) is 0 Å². The molecule has 1 aromatic rings. The van der Waals surface area contributed by atoms with Crippen molar-refractivity contribution in [3.8, 4) is 0 Å². The van der Waals surface area contributed by atoms with Gasteiger partial charge in [-0.2, -0.15) is 0 Å². The first-order valence-electron chi connectivity index (χ1n) is 6.48. The second kappa shape index (κ2) is 6.04. The van der Waals surface area contributed by atoms with Gasteiger partial charge in [-0.1, -0.05) is 12.1 Å². The number of anilines is 1. The van der Waals surface area contributed by atoms with E-state index in [1.807, 2.05) is 0 Å². The molecule has 1 aromatic carbocycles. The first kappa shape index (κ1) is 13.8. The molecule has 0 aliphatic carbocycles. The summed E-state index contributed by atoms with van der Waals surface area (Å²) in [6.45, 7) is 1.76.